The Morgan fingerprint density at radius 2 is 1.63 bits per heavy atom. The van der Waals surface area contributed by atoms with Crippen molar-refractivity contribution in [3.8, 4) is 0 Å². The van der Waals surface area contributed by atoms with Crippen molar-refractivity contribution in [3.05, 3.63) is 59.7 Å². The molecule has 4 amide bonds. The van der Waals surface area contributed by atoms with Gasteiger partial charge in [-0.25, -0.2) is 4.79 Å². The number of urea groups is 1. The highest BCUT2D eigenvalue weighted by Crippen LogP contribution is 2.12. The SMILES string of the molecule is CC(=O)Nc1cccc(C(=O)NCc2ccc(NC(=O)NC(C)C)cc2)c1. The van der Waals surface area contributed by atoms with Gasteiger partial charge in [-0.3, -0.25) is 9.59 Å². The fourth-order valence-corrected chi connectivity index (χ4v) is 2.36. The third kappa shape index (κ3) is 6.81. The van der Waals surface area contributed by atoms with Crippen molar-refractivity contribution in [2.45, 2.75) is 33.4 Å². The molecule has 0 aliphatic carbocycles. The maximum atomic E-state index is 12.3. The number of benzene rings is 2. The molecule has 0 heterocycles. The van der Waals surface area contributed by atoms with Crippen LogP contribution >= 0.6 is 0 Å². The van der Waals surface area contributed by atoms with Crippen molar-refractivity contribution in [2.75, 3.05) is 10.6 Å². The van der Waals surface area contributed by atoms with Crippen molar-refractivity contribution >= 4 is 29.2 Å². The fourth-order valence-electron chi connectivity index (χ4n) is 2.36. The first kappa shape index (κ1) is 20.0. The Hall–Kier alpha value is -3.35. The summed E-state index contributed by atoms with van der Waals surface area (Å²) in [6.45, 7) is 5.54. The lowest BCUT2D eigenvalue weighted by atomic mass is 10.1. The van der Waals surface area contributed by atoms with E-state index in [1.54, 1.807) is 36.4 Å². The van der Waals surface area contributed by atoms with Gasteiger partial charge in [0, 0.05) is 36.4 Å². The summed E-state index contributed by atoms with van der Waals surface area (Å²) in [5.41, 5.74) is 2.61. The monoisotopic (exact) mass is 368 g/mol. The van der Waals surface area contributed by atoms with Crippen LogP contribution in [0.5, 0.6) is 0 Å². The second-order valence-corrected chi connectivity index (χ2v) is 6.39. The van der Waals surface area contributed by atoms with E-state index in [2.05, 4.69) is 21.3 Å². The number of nitrogens with one attached hydrogen (secondary N) is 4. The molecule has 7 nitrogen and oxygen atoms in total. The third-order valence-electron chi connectivity index (χ3n) is 3.53. The predicted octanol–water partition coefficient (Wildman–Crippen LogP) is 3.10. The van der Waals surface area contributed by atoms with Crippen LogP contribution in [-0.2, 0) is 11.3 Å². The minimum Gasteiger partial charge on any atom is -0.348 e. The zero-order chi connectivity index (χ0) is 19.8. The molecular weight excluding hydrogens is 344 g/mol. The highest BCUT2D eigenvalue weighted by atomic mass is 16.2. The summed E-state index contributed by atoms with van der Waals surface area (Å²) in [5.74, 6) is -0.427. The van der Waals surface area contributed by atoms with Gasteiger partial charge < -0.3 is 21.3 Å². The Balaban J connectivity index is 1.90. The number of carbonyl (C=O) groups excluding carboxylic acids is 3. The topological polar surface area (TPSA) is 99.3 Å². The normalized spacial score (nSPS) is 10.2. The second-order valence-electron chi connectivity index (χ2n) is 6.39. The Morgan fingerprint density at radius 1 is 0.926 bits per heavy atom. The smallest absolute Gasteiger partial charge is 0.319 e. The molecule has 0 atom stereocenters. The van der Waals surface area contributed by atoms with Crippen LogP contribution < -0.4 is 21.3 Å². The van der Waals surface area contributed by atoms with E-state index in [-0.39, 0.29) is 23.9 Å². The molecule has 2 aromatic carbocycles. The van der Waals surface area contributed by atoms with Gasteiger partial charge in [0.2, 0.25) is 5.91 Å². The van der Waals surface area contributed by atoms with Gasteiger partial charge >= 0.3 is 6.03 Å². The van der Waals surface area contributed by atoms with Crippen LogP contribution in [0.4, 0.5) is 16.2 Å². The van der Waals surface area contributed by atoms with Gasteiger partial charge in [-0.05, 0) is 49.7 Å². The van der Waals surface area contributed by atoms with Crippen molar-refractivity contribution in [1.82, 2.24) is 10.6 Å². The summed E-state index contributed by atoms with van der Waals surface area (Å²) in [6, 6.07) is 13.8. The molecule has 0 fully saturated rings. The van der Waals surface area contributed by atoms with Crippen LogP contribution in [0.2, 0.25) is 0 Å². The van der Waals surface area contributed by atoms with E-state index < -0.39 is 0 Å². The van der Waals surface area contributed by atoms with E-state index in [9.17, 15) is 14.4 Å². The van der Waals surface area contributed by atoms with Crippen molar-refractivity contribution in [2.24, 2.45) is 0 Å². The van der Waals surface area contributed by atoms with Gasteiger partial charge in [-0.2, -0.15) is 0 Å². The maximum absolute atomic E-state index is 12.3. The molecule has 0 aromatic heterocycles. The highest BCUT2D eigenvalue weighted by Gasteiger charge is 2.07. The molecule has 0 radical (unpaired) electrons. The summed E-state index contributed by atoms with van der Waals surface area (Å²) in [7, 11) is 0. The molecule has 2 aromatic rings. The molecule has 27 heavy (non-hydrogen) atoms. The van der Waals surface area contributed by atoms with Crippen molar-refractivity contribution in [1.29, 1.82) is 0 Å². The van der Waals surface area contributed by atoms with Gasteiger partial charge in [0.1, 0.15) is 0 Å². The lowest BCUT2D eigenvalue weighted by Crippen LogP contribution is -2.34. The molecule has 142 valence electrons. The zero-order valence-electron chi connectivity index (χ0n) is 15.6. The standard InChI is InChI=1S/C20H24N4O3/c1-13(2)22-20(27)24-17-9-7-15(8-10-17)12-21-19(26)16-5-4-6-18(11-16)23-14(3)25/h4-11,13H,12H2,1-3H3,(H,21,26)(H,23,25)(H2,22,24,27). The third-order valence-corrected chi connectivity index (χ3v) is 3.53. The van der Waals surface area contributed by atoms with Crippen LogP contribution in [0, 0.1) is 0 Å². The average Bonchev–Trinajstić information content (AvgIpc) is 2.59. The first-order chi connectivity index (χ1) is 12.8. The summed E-state index contributed by atoms with van der Waals surface area (Å²) >= 11 is 0. The van der Waals surface area contributed by atoms with E-state index in [0.717, 1.165) is 5.56 Å². The molecule has 0 bridgehead atoms. The van der Waals surface area contributed by atoms with E-state index in [1.165, 1.54) is 6.92 Å². The molecule has 0 aliphatic heterocycles. The van der Waals surface area contributed by atoms with E-state index in [1.807, 2.05) is 26.0 Å². The van der Waals surface area contributed by atoms with Crippen LogP contribution in [0.25, 0.3) is 0 Å². The molecular formula is C20H24N4O3. The molecule has 0 saturated heterocycles. The first-order valence-electron chi connectivity index (χ1n) is 8.66. The van der Waals surface area contributed by atoms with Crippen LogP contribution in [0.3, 0.4) is 0 Å². The average molecular weight is 368 g/mol. The number of hydrogen-bond acceptors (Lipinski definition) is 3. The van der Waals surface area contributed by atoms with Crippen molar-refractivity contribution in [3.63, 3.8) is 0 Å². The van der Waals surface area contributed by atoms with E-state index in [4.69, 9.17) is 0 Å². The Labute approximate surface area is 158 Å². The molecule has 0 aliphatic rings. The number of rotatable bonds is 6. The minimum absolute atomic E-state index is 0.0589. The van der Waals surface area contributed by atoms with Crippen LogP contribution in [0.15, 0.2) is 48.5 Å². The predicted molar refractivity (Wildman–Crippen MR) is 106 cm³/mol. The molecule has 0 spiro atoms. The van der Waals surface area contributed by atoms with Crippen LogP contribution in [-0.4, -0.2) is 23.9 Å². The molecule has 0 unspecified atom stereocenters. The summed E-state index contributed by atoms with van der Waals surface area (Å²) in [5, 5.41) is 11.0. The largest absolute Gasteiger partial charge is 0.348 e. The van der Waals surface area contributed by atoms with Gasteiger partial charge in [0.25, 0.3) is 5.91 Å². The lowest BCUT2D eigenvalue weighted by molar-refractivity contribution is -0.114. The van der Waals surface area contributed by atoms with Gasteiger partial charge in [0.15, 0.2) is 0 Å². The van der Waals surface area contributed by atoms with Crippen molar-refractivity contribution < 1.29 is 14.4 Å². The number of anilines is 2. The van der Waals surface area contributed by atoms with Crippen LogP contribution in [0.1, 0.15) is 36.7 Å². The van der Waals surface area contributed by atoms with Gasteiger partial charge in [0.05, 0.1) is 0 Å². The first-order valence-corrected chi connectivity index (χ1v) is 8.66. The molecule has 2 rings (SSSR count). The van der Waals surface area contributed by atoms with E-state index in [0.29, 0.717) is 23.5 Å². The molecule has 7 heteroatoms. The number of amides is 4. The molecule has 0 saturated carbocycles. The Morgan fingerprint density at radius 3 is 2.26 bits per heavy atom. The van der Waals surface area contributed by atoms with E-state index >= 15 is 0 Å². The highest BCUT2D eigenvalue weighted by molar-refractivity contribution is 5.96. The Bertz CT molecular complexity index is 816. The number of carbonyl (C=O) groups is 3. The fraction of sp³-hybridized carbons (Fsp3) is 0.250. The van der Waals surface area contributed by atoms with Gasteiger partial charge in [-0.15, -0.1) is 0 Å². The zero-order valence-corrected chi connectivity index (χ0v) is 15.6. The molecule has 4 N–H and O–H groups in total. The Kier molecular flexibility index (Phi) is 6.93. The summed E-state index contributed by atoms with van der Waals surface area (Å²) in [4.78, 5) is 35.1. The number of hydrogen-bond donors (Lipinski definition) is 4. The second kappa shape index (κ2) is 9.38. The summed E-state index contributed by atoms with van der Waals surface area (Å²) < 4.78 is 0. The summed E-state index contributed by atoms with van der Waals surface area (Å²) in [6.07, 6.45) is 0. The van der Waals surface area contributed by atoms with Gasteiger partial charge in [-0.1, -0.05) is 18.2 Å². The minimum atomic E-state index is -0.259. The lowest BCUT2D eigenvalue weighted by Gasteiger charge is -2.11. The quantitative estimate of drug-likeness (QED) is 0.630. The maximum Gasteiger partial charge on any atom is 0.319 e.